The van der Waals surface area contributed by atoms with Crippen LogP contribution in [-0.2, 0) is 14.3 Å². The van der Waals surface area contributed by atoms with Crippen LogP contribution in [0.15, 0.2) is 48.5 Å². The molecule has 0 heterocycles. The second-order valence-electron chi connectivity index (χ2n) is 8.85. The number of carboxylic acid groups (broad SMARTS) is 1. The van der Waals surface area contributed by atoms with Gasteiger partial charge in [-0.1, -0.05) is 73.7 Å². The van der Waals surface area contributed by atoms with Gasteiger partial charge in [-0.3, -0.25) is 4.79 Å². The van der Waals surface area contributed by atoms with Crippen LogP contribution in [0.5, 0.6) is 0 Å². The number of hydrogen-bond donors (Lipinski definition) is 3. The van der Waals surface area contributed by atoms with Crippen molar-refractivity contribution < 1.29 is 24.2 Å². The minimum Gasteiger partial charge on any atom is -0.472 e. The molecule has 2 aromatic carbocycles. The lowest BCUT2D eigenvalue weighted by Crippen LogP contribution is -2.52. The second kappa shape index (κ2) is 10.4. The topological polar surface area (TPSA) is 105 Å². The first kappa shape index (κ1) is 23.4. The number of alkyl carbamates (subject to hydrolysis) is 1. The Hall–Kier alpha value is -3.79. The summed E-state index contributed by atoms with van der Waals surface area (Å²) in [7, 11) is 0. The molecular formula is C27H28N2O5. The number of amides is 2. The van der Waals surface area contributed by atoms with Crippen molar-refractivity contribution in [1.29, 1.82) is 0 Å². The Balaban J connectivity index is 1.39. The lowest BCUT2D eigenvalue weighted by molar-refractivity contribution is -0.130. The molecule has 0 saturated heterocycles. The fraction of sp³-hybridized carbons (Fsp3) is 0.370. The number of carboxylic acids is 1. The maximum atomic E-state index is 12.9. The Morgan fingerprint density at radius 2 is 1.59 bits per heavy atom. The van der Waals surface area contributed by atoms with Gasteiger partial charge in [0, 0.05) is 18.3 Å². The maximum absolute atomic E-state index is 12.9. The molecule has 2 amide bonds. The average molecular weight is 461 g/mol. The standard InChI is InChI=1S/C27H28N2O5/c30-24(28-16-8-13-25(31)32)17-27(14-6-1-7-15-27)29-26(33)34-18-23-21-11-4-2-9-19(21)20-10-3-5-12-22(20)23/h2-5,9-12,23H,1,6-7,14-18H2,(H,28,30)(H,29,33)(H,31,32). The van der Waals surface area contributed by atoms with Crippen LogP contribution in [0.2, 0.25) is 0 Å². The Bertz CT molecular complexity index is 1100. The first-order valence-corrected chi connectivity index (χ1v) is 11.6. The average Bonchev–Trinajstić information content (AvgIpc) is 3.14. The number of rotatable bonds is 6. The zero-order valence-corrected chi connectivity index (χ0v) is 18.9. The zero-order chi connectivity index (χ0) is 24.0. The molecule has 1 saturated carbocycles. The summed E-state index contributed by atoms with van der Waals surface area (Å²) < 4.78 is 5.70. The third-order valence-electron chi connectivity index (χ3n) is 6.59. The molecule has 0 unspecified atom stereocenters. The molecule has 0 aliphatic heterocycles. The Morgan fingerprint density at radius 1 is 0.971 bits per heavy atom. The lowest BCUT2D eigenvalue weighted by atomic mass is 9.79. The van der Waals surface area contributed by atoms with E-state index in [1.165, 1.54) is 11.1 Å². The van der Waals surface area contributed by atoms with Gasteiger partial charge in [0.05, 0.1) is 12.1 Å². The molecule has 0 bridgehead atoms. The van der Waals surface area contributed by atoms with Gasteiger partial charge in [0.1, 0.15) is 6.61 Å². The quantitative estimate of drug-likeness (QED) is 0.569. The lowest BCUT2D eigenvalue weighted by Gasteiger charge is -2.37. The van der Waals surface area contributed by atoms with Crippen molar-refractivity contribution in [3.05, 3.63) is 59.7 Å². The van der Waals surface area contributed by atoms with E-state index in [0.29, 0.717) is 12.8 Å². The van der Waals surface area contributed by atoms with Gasteiger partial charge in [-0.15, -0.1) is 0 Å². The van der Waals surface area contributed by atoms with Gasteiger partial charge in [-0.2, -0.15) is 0 Å². The minimum absolute atomic E-state index is 0.0310. The molecule has 34 heavy (non-hydrogen) atoms. The van der Waals surface area contributed by atoms with Crippen molar-refractivity contribution in [3.63, 3.8) is 0 Å². The highest BCUT2D eigenvalue weighted by Crippen LogP contribution is 2.44. The summed E-state index contributed by atoms with van der Waals surface area (Å²) in [5, 5.41) is 14.2. The fourth-order valence-electron chi connectivity index (χ4n) is 5.06. The van der Waals surface area contributed by atoms with E-state index in [-0.39, 0.29) is 31.4 Å². The zero-order valence-electron chi connectivity index (χ0n) is 18.9. The third-order valence-corrected chi connectivity index (χ3v) is 6.59. The summed E-state index contributed by atoms with van der Waals surface area (Å²) in [5.74, 6) is 2.80. The van der Waals surface area contributed by atoms with Crippen molar-refractivity contribution in [3.8, 4) is 23.0 Å². The van der Waals surface area contributed by atoms with Gasteiger partial charge >= 0.3 is 12.1 Å². The minimum atomic E-state index is -1.24. The predicted molar refractivity (Wildman–Crippen MR) is 127 cm³/mol. The molecule has 7 heteroatoms. The van der Waals surface area contributed by atoms with Crippen LogP contribution in [-0.4, -0.2) is 41.8 Å². The second-order valence-corrected chi connectivity index (χ2v) is 8.85. The van der Waals surface area contributed by atoms with Crippen molar-refractivity contribution in [1.82, 2.24) is 10.6 Å². The molecule has 2 aliphatic carbocycles. The number of carbonyl (C=O) groups excluding carboxylic acids is 2. The molecular weight excluding hydrogens is 432 g/mol. The van der Waals surface area contributed by atoms with Crippen LogP contribution in [0.25, 0.3) is 11.1 Å². The van der Waals surface area contributed by atoms with Gasteiger partial charge in [-0.25, -0.2) is 9.59 Å². The van der Waals surface area contributed by atoms with E-state index in [1.807, 2.05) is 30.2 Å². The van der Waals surface area contributed by atoms with Gasteiger partial charge in [0.15, 0.2) is 0 Å². The number of ether oxygens (including phenoxy) is 1. The highest BCUT2D eigenvalue weighted by atomic mass is 16.5. The van der Waals surface area contributed by atoms with Crippen LogP contribution in [0.4, 0.5) is 4.79 Å². The third kappa shape index (κ3) is 5.40. The molecule has 2 aliphatic rings. The number of carbonyl (C=O) groups is 3. The number of nitrogens with one attached hydrogen (secondary N) is 2. The normalized spacial score (nSPS) is 15.8. The predicted octanol–water partition coefficient (Wildman–Crippen LogP) is 3.82. The molecule has 176 valence electrons. The summed E-state index contributed by atoms with van der Waals surface area (Å²) in [6.45, 7) is 0.166. The SMILES string of the molecule is O=C(O)C#CCNC(=O)CC1(NC(=O)OCC2c3ccccc3-c3ccccc32)CCCCC1. The molecule has 0 atom stereocenters. The van der Waals surface area contributed by atoms with Crippen LogP contribution in [0.1, 0.15) is 55.6 Å². The number of benzene rings is 2. The molecule has 3 N–H and O–H groups in total. The van der Waals surface area contributed by atoms with E-state index < -0.39 is 17.6 Å². The molecule has 2 aromatic rings. The largest absolute Gasteiger partial charge is 0.472 e. The smallest absolute Gasteiger partial charge is 0.407 e. The molecule has 0 aromatic heterocycles. The van der Waals surface area contributed by atoms with E-state index in [4.69, 9.17) is 9.84 Å². The number of hydrogen-bond acceptors (Lipinski definition) is 4. The summed E-state index contributed by atoms with van der Waals surface area (Å²) in [5.41, 5.74) is 3.94. The first-order valence-electron chi connectivity index (χ1n) is 11.6. The molecule has 4 rings (SSSR count). The van der Waals surface area contributed by atoms with Gasteiger partial charge in [0.25, 0.3) is 0 Å². The van der Waals surface area contributed by atoms with Gasteiger partial charge < -0.3 is 20.5 Å². The first-order chi connectivity index (χ1) is 16.5. The van der Waals surface area contributed by atoms with E-state index in [2.05, 4.69) is 40.8 Å². The monoisotopic (exact) mass is 460 g/mol. The van der Waals surface area contributed by atoms with Crippen LogP contribution in [0.3, 0.4) is 0 Å². The maximum Gasteiger partial charge on any atom is 0.407 e. The number of aliphatic carboxylic acids is 1. The molecule has 0 radical (unpaired) electrons. The summed E-state index contributed by atoms with van der Waals surface area (Å²) in [6.07, 6.45) is 3.83. The Morgan fingerprint density at radius 3 is 2.21 bits per heavy atom. The van der Waals surface area contributed by atoms with E-state index in [1.54, 1.807) is 0 Å². The summed E-state index contributed by atoms with van der Waals surface area (Å²) >= 11 is 0. The molecule has 1 fully saturated rings. The van der Waals surface area contributed by atoms with Crippen molar-refractivity contribution >= 4 is 18.0 Å². The van der Waals surface area contributed by atoms with Crippen LogP contribution < -0.4 is 10.6 Å². The van der Waals surface area contributed by atoms with E-state index in [9.17, 15) is 14.4 Å². The van der Waals surface area contributed by atoms with Gasteiger partial charge in [-0.05, 0) is 35.1 Å². The Kier molecular flexibility index (Phi) is 7.17. The highest BCUT2D eigenvalue weighted by molar-refractivity contribution is 5.86. The summed E-state index contributed by atoms with van der Waals surface area (Å²) in [6, 6.07) is 16.3. The Labute approximate surface area is 198 Å². The van der Waals surface area contributed by atoms with Crippen molar-refractivity contribution in [2.24, 2.45) is 0 Å². The molecule has 0 spiro atoms. The number of fused-ring (bicyclic) bond motifs is 3. The van der Waals surface area contributed by atoms with E-state index >= 15 is 0 Å². The fourth-order valence-corrected chi connectivity index (χ4v) is 5.06. The van der Waals surface area contributed by atoms with Crippen LogP contribution in [0, 0.1) is 11.8 Å². The van der Waals surface area contributed by atoms with Gasteiger partial charge in [0.2, 0.25) is 5.91 Å². The summed E-state index contributed by atoms with van der Waals surface area (Å²) in [4.78, 5) is 35.8. The van der Waals surface area contributed by atoms with Crippen molar-refractivity contribution in [2.75, 3.05) is 13.2 Å². The van der Waals surface area contributed by atoms with Crippen LogP contribution >= 0.6 is 0 Å². The van der Waals surface area contributed by atoms with Crippen molar-refractivity contribution in [2.45, 2.75) is 50.0 Å². The highest BCUT2D eigenvalue weighted by Gasteiger charge is 2.37. The molecule has 7 nitrogen and oxygen atoms in total. The van der Waals surface area contributed by atoms with E-state index in [0.717, 1.165) is 30.4 Å².